The zero-order valence-electron chi connectivity index (χ0n) is 16.5. The summed E-state index contributed by atoms with van der Waals surface area (Å²) in [4.78, 5) is 6.50. The summed E-state index contributed by atoms with van der Waals surface area (Å²) in [5.41, 5.74) is 1.73. The maximum atomic E-state index is 14.2. The monoisotopic (exact) mass is 397 g/mol. The van der Waals surface area contributed by atoms with Crippen LogP contribution in [0.5, 0.6) is 0 Å². The maximum Gasteiger partial charge on any atom is 0.163 e. The van der Waals surface area contributed by atoms with Crippen molar-refractivity contribution in [1.82, 2.24) is 14.5 Å². The summed E-state index contributed by atoms with van der Waals surface area (Å²) in [5.74, 6) is -1.55. The smallest absolute Gasteiger partial charge is 0.163 e. The van der Waals surface area contributed by atoms with Crippen LogP contribution in [0.2, 0.25) is 0 Å². The Kier molecular flexibility index (Phi) is 4.44. The highest BCUT2D eigenvalue weighted by atomic mass is 19.2. The predicted octanol–water partition coefficient (Wildman–Crippen LogP) is 4.18. The van der Waals surface area contributed by atoms with Gasteiger partial charge in [0.15, 0.2) is 11.6 Å². The first-order valence-electron chi connectivity index (χ1n) is 10.2. The fourth-order valence-electron chi connectivity index (χ4n) is 5.41. The van der Waals surface area contributed by atoms with Crippen LogP contribution in [0.4, 0.5) is 8.78 Å². The molecule has 5 rings (SSSR count). The van der Waals surface area contributed by atoms with Gasteiger partial charge in [-0.1, -0.05) is 12.1 Å². The van der Waals surface area contributed by atoms with Crippen LogP contribution in [0.25, 0.3) is 10.9 Å². The van der Waals surface area contributed by atoms with Crippen molar-refractivity contribution in [3.63, 3.8) is 0 Å². The van der Waals surface area contributed by atoms with Crippen molar-refractivity contribution in [2.75, 3.05) is 0 Å². The average molecular weight is 397 g/mol. The molecule has 4 nitrogen and oxygen atoms in total. The van der Waals surface area contributed by atoms with Gasteiger partial charge in [-0.25, -0.2) is 8.78 Å². The van der Waals surface area contributed by atoms with Gasteiger partial charge in [-0.05, 0) is 50.8 Å². The second-order valence-corrected chi connectivity index (χ2v) is 8.71. The van der Waals surface area contributed by atoms with E-state index in [9.17, 15) is 13.9 Å². The molecule has 3 aromatic rings. The number of nitrogens with zero attached hydrogens (tertiary/aromatic N) is 3. The van der Waals surface area contributed by atoms with Crippen LogP contribution in [-0.4, -0.2) is 37.2 Å². The molecule has 0 spiro atoms. The third kappa shape index (κ3) is 3.24. The molecule has 2 atom stereocenters. The van der Waals surface area contributed by atoms with E-state index in [-0.39, 0.29) is 12.1 Å². The van der Waals surface area contributed by atoms with Crippen LogP contribution in [0.1, 0.15) is 36.9 Å². The summed E-state index contributed by atoms with van der Waals surface area (Å²) in [7, 11) is 0. The number of rotatable bonds is 4. The topological polar surface area (TPSA) is 41.3 Å². The third-order valence-corrected chi connectivity index (χ3v) is 6.75. The molecule has 29 heavy (non-hydrogen) atoms. The van der Waals surface area contributed by atoms with E-state index in [0.29, 0.717) is 31.5 Å². The van der Waals surface area contributed by atoms with Crippen molar-refractivity contribution >= 4 is 10.9 Å². The predicted molar refractivity (Wildman–Crippen MR) is 107 cm³/mol. The Hall–Kier alpha value is -2.31. The number of hydrogen-bond donors (Lipinski definition) is 1. The summed E-state index contributed by atoms with van der Waals surface area (Å²) in [6.07, 6.45) is 6.88. The summed E-state index contributed by atoms with van der Waals surface area (Å²) in [5, 5.41) is 12.6. The number of fused-ring (bicyclic) bond motifs is 3. The first-order chi connectivity index (χ1) is 13.9. The molecule has 0 amide bonds. The first-order valence-corrected chi connectivity index (χ1v) is 10.2. The molecular formula is C23H25F2N3O. The van der Waals surface area contributed by atoms with Gasteiger partial charge in [-0.2, -0.15) is 0 Å². The van der Waals surface area contributed by atoms with Gasteiger partial charge in [0.1, 0.15) is 0 Å². The fraction of sp³-hybridized carbons (Fsp3) is 0.435. The van der Waals surface area contributed by atoms with E-state index in [2.05, 4.69) is 27.4 Å². The zero-order valence-corrected chi connectivity index (χ0v) is 16.5. The molecular weight excluding hydrogens is 372 g/mol. The molecule has 152 valence electrons. The molecule has 2 aliphatic rings. The first kappa shape index (κ1) is 18.7. The highest BCUT2D eigenvalue weighted by Crippen LogP contribution is 2.43. The lowest BCUT2D eigenvalue weighted by atomic mass is 9.85. The van der Waals surface area contributed by atoms with Gasteiger partial charge in [-0.3, -0.25) is 9.88 Å². The van der Waals surface area contributed by atoms with E-state index in [1.807, 2.05) is 12.3 Å². The Morgan fingerprint density at radius 3 is 2.69 bits per heavy atom. The number of pyridine rings is 1. The summed E-state index contributed by atoms with van der Waals surface area (Å²) < 4.78 is 29.9. The van der Waals surface area contributed by atoms with E-state index in [4.69, 9.17) is 0 Å². The summed E-state index contributed by atoms with van der Waals surface area (Å²) in [6, 6.07) is 8.84. The number of aliphatic hydroxyl groups is 1. The van der Waals surface area contributed by atoms with E-state index in [1.165, 1.54) is 0 Å². The van der Waals surface area contributed by atoms with E-state index < -0.39 is 17.2 Å². The number of halogens is 2. The van der Waals surface area contributed by atoms with Crippen LogP contribution in [-0.2, 0) is 13.1 Å². The van der Waals surface area contributed by atoms with Gasteiger partial charge in [0.05, 0.1) is 23.9 Å². The minimum absolute atomic E-state index is 0.182. The minimum Gasteiger partial charge on any atom is -0.388 e. The standard InChI is InChI=1S/C23H25F2N3O/c1-15-9-16-7-8-26-12-21(16)28(15)14-23(29)10-18-5-6-19(11-23)27(18)13-17-3-2-4-20(24)22(17)25/h2-4,7-9,12,18-19,29H,5-6,10-11,13-14H2,1H3. The van der Waals surface area contributed by atoms with Crippen LogP contribution in [0.3, 0.4) is 0 Å². The molecule has 2 fully saturated rings. The Morgan fingerprint density at radius 2 is 1.93 bits per heavy atom. The Bertz CT molecular complexity index is 1050. The summed E-state index contributed by atoms with van der Waals surface area (Å²) in [6.45, 7) is 2.98. The van der Waals surface area contributed by atoms with Gasteiger partial charge in [0, 0.05) is 41.5 Å². The van der Waals surface area contributed by atoms with E-state index >= 15 is 0 Å². The van der Waals surface area contributed by atoms with E-state index in [1.54, 1.807) is 18.3 Å². The quantitative estimate of drug-likeness (QED) is 0.718. The number of hydrogen-bond acceptors (Lipinski definition) is 3. The zero-order chi connectivity index (χ0) is 20.2. The van der Waals surface area contributed by atoms with Gasteiger partial charge < -0.3 is 9.67 Å². The molecule has 1 N–H and O–H groups in total. The molecule has 2 aromatic heterocycles. The molecule has 0 saturated carbocycles. The van der Waals surface area contributed by atoms with Gasteiger partial charge in [0.25, 0.3) is 0 Å². The summed E-state index contributed by atoms with van der Waals surface area (Å²) >= 11 is 0. The SMILES string of the molecule is Cc1cc2ccncc2n1CC1(O)CC2CCC(C1)N2Cc1cccc(F)c1F. The molecule has 0 radical (unpaired) electrons. The van der Waals surface area contributed by atoms with Crippen LogP contribution in [0, 0.1) is 18.6 Å². The highest BCUT2D eigenvalue weighted by Gasteiger charge is 2.47. The fourth-order valence-corrected chi connectivity index (χ4v) is 5.41. The molecule has 2 aliphatic heterocycles. The van der Waals surface area contributed by atoms with Crippen molar-refractivity contribution in [1.29, 1.82) is 0 Å². The number of aromatic nitrogens is 2. The van der Waals surface area contributed by atoms with Crippen LogP contribution in [0.15, 0.2) is 42.7 Å². The lowest BCUT2D eigenvalue weighted by Gasteiger charge is -2.44. The van der Waals surface area contributed by atoms with Crippen LogP contribution < -0.4 is 0 Å². The molecule has 2 saturated heterocycles. The van der Waals surface area contributed by atoms with Crippen molar-refractivity contribution in [2.45, 2.75) is 63.4 Å². The second kappa shape index (κ2) is 6.89. The molecule has 2 bridgehead atoms. The maximum absolute atomic E-state index is 14.2. The Morgan fingerprint density at radius 1 is 1.17 bits per heavy atom. The number of piperidine rings is 1. The molecule has 0 aliphatic carbocycles. The largest absolute Gasteiger partial charge is 0.388 e. The normalized spacial score (nSPS) is 27.0. The molecule has 2 unspecified atom stereocenters. The molecule has 1 aromatic carbocycles. The third-order valence-electron chi connectivity index (χ3n) is 6.75. The van der Waals surface area contributed by atoms with Gasteiger partial charge in [0.2, 0.25) is 0 Å². The van der Waals surface area contributed by atoms with Crippen molar-refractivity contribution < 1.29 is 13.9 Å². The lowest BCUT2D eigenvalue weighted by molar-refractivity contribution is -0.0649. The number of benzene rings is 1. The Balaban J connectivity index is 1.37. The minimum atomic E-state index is -0.810. The van der Waals surface area contributed by atoms with Crippen molar-refractivity contribution in [3.8, 4) is 0 Å². The van der Waals surface area contributed by atoms with Gasteiger partial charge >= 0.3 is 0 Å². The van der Waals surface area contributed by atoms with Crippen molar-refractivity contribution in [3.05, 3.63) is 65.6 Å². The van der Waals surface area contributed by atoms with Crippen molar-refractivity contribution in [2.24, 2.45) is 0 Å². The number of aryl methyl sites for hydroxylation is 1. The average Bonchev–Trinajstić information content (AvgIpc) is 3.13. The van der Waals surface area contributed by atoms with Gasteiger partial charge in [-0.15, -0.1) is 0 Å². The highest BCUT2D eigenvalue weighted by molar-refractivity contribution is 5.80. The lowest BCUT2D eigenvalue weighted by Crippen LogP contribution is -2.52. The Labute approximate surface area is 168 Å². The molecule has 4 heterocycles. The van der Waals surface area contributed by atoms with Crippen LogP contribution >= 0.6 is 0 Å². The van der Waals surface area contributed by atoms with E-state index in [0.717, 1.165) is 35.5 Å². The second-order valence-electron chi connectivity index (χ2n) is 8.71. The molecule has 6 heteroatoms.